The van der Waals surface area contributed by atoms with Crippen molar-refractivity contribution in [1.29, 1.82) is 0 Å². The van der Waals surface area contributed by atoms with Crippen molar-refractivity contribution in [2.75, 3.05) is 78.0 Å². The molecule has 9 heteroatoms. The van der Waals surface area contributed by atoms with Gasteiger partial charge in [-0.15, -0.1) is 24.0 Å². The summed E-state index contributed by atoms with van der Waals surface area (Å²) in [6, 6.07) is 3.59. The summed E-state index contributed by atoms with van der Waals surface area (Å²) in [5.41, 5.74) is 0.330. The van der Waals surface area contributed by atoms with Crippen molar-refractivity contribution < 1.29 is 13.5 Å². The Labute approximate surface area is 183 Å². The van der Waals surface area contributed by atoms with E-state index in [1.54, 1.807) is 7.11 Å². The fraction of sp³-hybridized carbons (Fsp3) is 0.632. The summed E-state index contributed by atoms with van der Waals surface area (Å²) in [5.74, 6) is 0.0721. The van der Waals surface area contributed by atoms with Crippen LogP contribution in [0.2, 0.25) is 0 Å². The molecule has 0 saturated carbocycles. The Kier molecular flexibility index (Phi) is 11.6. The summed E-state index contributed by atoms with van der Waals surface area (Å²) < 4.78 is 32.5. The van der Waals surface area contributed by atoms with Gasteiger partial charge in [-0.25, -0.2) is 8.78 Å². The van der Waals surface area contributed by atoms with Gasteiger partial charge in [0.1, 0.15) is 11.6 Å². The third kappa shape index (κ3) is 7.67. The summed E-state index contributed by atoms with van der Waals surface area (Å²) in [5, 5.41) is 3.32. The lowest BCUT2D eigenvalue weighted by Gasteiger charge is -2.37. The molecule has 1 fully saturated rings. The van der Waals surface area contributed by atoms with Crippen LogP contribution in [-0.2, 0) is 4.74 Å². The standard InChI is InChI=1S/C19H31F2N5O.HI/c1-4-22-19(23-7-8-24(2)13-14-27-3)26-11-9-25(10-12-26)18-15-16(20)5-6-17(18)21;/h5-6,15H,4,7-14H2,1-3H3,(H,22,23);1H. The zero-order chi connectivity index (χ0) is 19.6. The second kappa shape index (κ2) is 13.1. The third-order valence-corrected chi connectivity index (χ3v) is 4.58. The molecule has 0 radical (unpaired) electrons. The summed E-state index contributed by atoms with van der Waals surface area (Å²) in [4.78, 5) is 11.0. The van der Waals surface area contributed by atoms with Gasteiger partial charge in [0.25, 0.3) is 0 Å². The van der Waals surface area contributed by atoms with E-state index in [-0.39, 0.29) is 29.8 Å². The number of nitrogens with zero attached hydrogens (tertiary/aromatic N) is 4. The van der Waals surface area contributed by atoms with E-state index in [2.05, 4.69) is 15.1 Å². The monoisotopic (exact) mass is 511 g/mol. The molecule has 2 rings (SSSR count). The number of benzene rings is 1. The van der Waals surface area contributed by atoms with Gasteiger partial charge in [-0.05, 0) is 26.1 Å². The van der Waals surface area contributed by atoms with Crippen LogP contribution in [0.25, 0.3) is 0 Å². The van der Waals surface area contributed by atoms with E-state index in [0.29, 0.717) is 45.0 Å². The van der Waals surface area contributed by atoms with E-state index in [1.807, 2.05) is 18.9 Å². The molecule has 0 spiro atoms. The Bertz CT molecular complexity index is 612. The van der Waals surface area contributed by atoms with Gasteiger partial charge in [-0.1, -0.05) is 0 Å². The number of aliphatic imine (C=N–C) groups is 1. The Hall–Kier alpha value is -1.20. The highest BCUT2D eigenvalue weighted by atomic mass is 127. The molecule has 1 N–H and O–H groups in total. The predicted molar refractivity (Wildman–Crippen MR) is 121 cm³/mol. The van der Waals surface area contributed by atoms with Crippen molar-refractivity contribution in [3.63, 3.8) is 0 Å². The van der Waals surface area contributed by atoms with E-state index in [0.717, 1.165) is 31.7 Å². The molecule has 0 aliphatic carbocycles. The fourth-order valence-electron chi connectivity index (χ4n) is 3.00. The summed E-state index contributed by atoms with van der Waals surface area (Å²) in [6.45, 7) is 8.63. The smallest absolute Gasteiger partial charge is 0.194 e. The molecule has 0 aromatic heterocycles. The molecule has 0 amide bonds. The van der Waals surface area contributed by atoms with E-state index in [9.17, 15) is 8.78 Å². The van der Waals surface area contributed by atoms with Crippen LogP contribution < -0.4 is 10.2 Å². The third-order valence-electron chi connectivity index (χ3n) is 4.58. The van der Waals surface area contributed by atoms with Crippen LogP contribution in [0.3, 0.4) is 0 Å². The molecule has 1 aromatic carbocycles. The summed E-state index contributed by atoms with van der Waals surface area (Å²) in [6.07, 6.45) is 0. The lowest BCUT2D eigenvalue weighted by molar-refractivity contribution is 0.163. The molecule has 1 aliphatic heterocycles. The first-order chi connectivity index (χ1) is 13.0. The Balaban J connectivity index is 0.00000392. The number of piperazine rings is 1. The van der Waals surface area contributed by atoms with Crippen molar-refractivity contribution >= 4 is 35.6 Å². The van der Waals surface area contributed by atoms with E-state index < -0.39 is 5.82 Å². The van der Waals surface area contributed by atoms with Crippen LogP contribution in [-0.4, -0.2) is 88.9 Å². The van der Waals surface area contributed by atoms with Gasteiger partial charge >= 0.3 is 0 Å². The molecule has 0 bridgehead atoms. The summed E-state index contributed by atoms with van der Waals surface area (Å²) in [7, 11) is 3.75. The Morgan fingerprint density at radius 2 is 1.93 bits per heavy atom. The van der Waals surface area contributed by atoms with Gasteiger partial charge in [0, 0.05) is 59.0 Å². The second-order valence-corrected chi connectivity index (χ2v) is 6.60. The Morgan fingerprint density at radius 3 is 2.57 bits per heavy atom. The molecular weight excluding hydrogens is 479 g/mol. The van der Waals surface area contributed by atoms with Gasteiger partial charge in [0.2, 0.25) is 0 Å². The summed E-state index contributed by atoms with van der Waals surface area (Å²) >= 11 is 0. The fourth-order valence-corrected chi connectivity index (χ4v) is 3.00. The number of hydrogen-bond acceptors (Lipinski definition) is 4. The number of nitrogens with one attached hydrogen (secondary N) is 1. The molecule has 160 valence electrons. The molecule has 1 aromatic rings. The first-order valence-electron chi connectivity index (χ1n) is 9.46. The van der Waals surface area contributed by atoms with Crippen molar-refractivity contribution in [3.05, 3.63) is 29.8 Å². The Morgan fingerprint density at radius 1 is 1.21 bits per heavy atom. The van der Waals surface area contributed by atoms with E-state index in [1.165, 1.54) is 12.1 Å². The second-order valence-electron chi connectivity index (χ2n) is 6.60. The van der Waals surface area contributed by atoms with Crippen molar-refractivity contribution in [2.45, 2.75) is 6.92 Å². The van der Waals surface area contributed by atoms with Crippen molar-refractivity contribution in [3.8, 4) is 0 Å². The minimum absolute atomic E-state index is 0. The molecule has 1 heterocycles. The highest BCUT2D eigenvalue weighted by Gasteiger charge is 2.22. The zero-order valence-electron chi connectivity index (χ0n) is 17.0. The van der Waals surface area contributed by atoms with Crippen LogP contribution in [0.4, 0.5) is 14.5 Å². The SMILES string of the molecule is CCNC(=NCCN(C)CCOC)N1CCN(c2cc(F)ccc2F)CC1.I. The number of ether oxygens (including phenoxy) is 1. The number of guanidine groups is 1. The van der Waals surface area contributed by atoms with Crippen LogP contribution >= 0.6 is 24.0 Å². The highest BCUT2D eigenvalue weighted by Crippen LogP contribution is 2.21. The topological polar surface area (TPSA) is 43.3 Å². The molecule has 1 aliphatic rings. The number of halogens is 3. The quantitative estimate of drug-likeness (QED) is 0.330. The van der Waals surface area contributed by atoms with Crippen molar-refractivity contribution in [2.24, 2.45) is 4.99 Å². The number of hydrogen-bond donors (Lipinski definition) is 1. The predicted octanol–water partition coefficient (Wildman–Crippen LogP) is 2.25. The van der Waals surface area contributed by atoms with Gasteiger partial charge in [0.05, 0.1) is 18.8 Å². The van der Waals surface area contributed by atoms with Gasteiger partial charge in [-0.2, -0.15) is 0 Å². The van der Waals surface area contributed by atoms with E-state index in [4.69, 9.17) is 9.73 Å². The molecule has 1 saturated heterocycles. The first-order valence-corrected chi connectivity index (χ1v) is 9.46. The van der Waals surface area contributed by atoms with Gasteiger partial charge in [-0.3, -0.25) is 4.99 Å². The first kappa shape index (κ1) is 24.8. The number of rotatable bonds is 8. The van der Waals surface area contributed by atoms with Crippen LogP contribution in [0.1, 0.15) is 6.92 Å². The normalized spacial score (nSPS) is 15.0. The van der Waals surface area contributed by atoms with Crippen molar-refractivity contribution in [1.82, 2.24) is 15.1 Å². The lowest BCUT2D eigenvalue weighted by Crippen LogP contribution is -2.53. The molecule has 0 unspecified atom stereocenters. The lowest BCUT2D eigenvalue weighted by atomic mass is 10.2. The minimum Gasteiger partial charge on any atom is -0.383 e. The largest absolute Gasteiger partial charge is 0.383 e. The average Bonchev–Trinajstić information content (AvgIpc) is 2.68. The maximum absolute atomic E-state index is 14.0. The average molecular weight is 511 g/mol. The van der Waals surface area contributed by atoms with Gasteiger partial charge < -0.3 is 24.8 Å². The van der Waals surface area contributed by atoms with Crippen LogP contribution in [0.5, 0.6) is 0 Å². The number of likely N-dealkylation sites (N-methyl/N-ethyl adjacent to an activating group) is 1. The number of anilines is 1. The minimum atomic E-state index is -0.415. The molecule has 28 heavy (non-hydrogen) atoms. The maximum Gasteiger partial charge on any atom is 0.194 e. The zero-order valence-corrected chi connectivity index (χ0v) is 19.3. The van der Waals surface area contributed by atoms with Crippen LogP contribution in [0.15, 0.2) is 23.2 Å². The van der Waals surface area contributed by atoms with Crippen LogP contribution in [0, 0.1) is 11.6 Å². The molecular formula is C19H32F2IN5O. The maximum atomic E-state index is 14.0. The van der Waals surface area contributed by atoms with E-state index >= 15 is 0 Å². The van der Waals surface area contributed by atoms with Gasteiger partial charge in [0.15, 0.2) is 5.96 Å². The number of methoxy groups -OCH3 is 1. The molecule has 0 atom stereocenters. The molecule has 6 nitrogen and oxygen atoms in total. The highest BCUT2D eigenvalue weighted by molar-refractivity contribution is 14.0.